The summed E-state index contributed by atoms with van der Waals surface area (Å²) in [5, 5.41) is 8.70. The van der Waals surface area contributed by atoms with E-state index >= 15 is 0 Å². The van der Waals surface area contributed by atoms with Crippen molar-refractivity contribution < 1.29 is 9.90 Å². The Morgan fingerprint density at radius 2 is 2.17 bits per heavy atom. The summed E-state index contributed by atoms with van der Waals surface area (Å²) in [6.07, 6.45) is 4.50. The zero-order chi connectivity index (χ0) is 12.5. The lowest BCUT2D eigenvalue weighted by Crippen LogP contribution is -1.96. The molecule has 3 rings (SSSR count). The minimum Gasteiger partial charge on any atom is -0.481 e. The van der Waals surface area contributed by atoms with Crippen LogP contribution < -0.4 is 0 Å². The Labute approximate surface area is 104 Å². The maximum atomic E-state index is 10.6. The summed E-state index contributed by atoms with van der Waals surface area (Å²) in [6.45, 7) is 0. The summed E-state index contributed by atoms with van der Waals surface area (Å²) >= 11 is 0. The second-order valence-corrected chi connectivity index (χ2v) is 4.28. The van der Waals surface area contributed by atoms with Gasteiger partial charge in [-0.1, -0.05) is 12.1 Å². The summed E-state index contributed by atoms with van der Waals surface area (Å²) in [5.41, 5.74) is 3.99. The fourth-order valence-corrected chi connectivity index (χ4v) is 2.15. The molecule has 0 unspecified atom stereocenters. The van der Waals surface area contributed by atoms with Gasteiger partial charge in [0.25, 0.3) is 0 Å². The van der Waals surface area contributed by atoms with E-state index in [-0.39, 0.29) is 6.42 Å². The van der Waals surface area contributed by atoms with E-state index in [0.29, 0.717) is 6.42 Å². The maximum absolute atomic E-state index is 10.6. The largest absolute Gasteiger partial charge is 0.481 e. The van der Waals surface area contributed by atoms with Crippen LogP contribution in [-0.2, 0) is 11.2 Å². The van der Waals surface area contributed by atoms with E-state index in [1.165, 1.54) is 0 Å². The van der Waals surface area contributed by atoms with Crippen molar-refractivity contribution in [1.29, 1.82) is 0 Å². The fourth-order valence-electron chi connectivity index (χ4n) is 2.15. The van der Waals surface area contributed by atoms with Crippen LogP contribution in [0.3, 0.4) is 0 Å². The predicted octanol–water partition coefficient (Wildman–Crippen LogP) is 2.50. The molecule has 1 N–H and O–H groups in total. The molecule has 0 aliphatic rings. The highest BCUT2D eigenvalue weighted by atomic mass is 16.4. The van der Waals surface area contributed by atoms with Crippen LogP contribution in [0.5, 0.6) is 0 Å². The Morgan fingerprint density at radius 1 is 1.33 bits per heavy atom. The van der Waals surface area contributed by atoms with Gasteiger partial charge < -0.3 is 9.51 Å². The molecule has 0 saturated heterocycles. The smallest absolute Gasteiger partial charge is 0.303 e. The van der Waals surface area contributed by atoms with Gasteiger partial charge in [0.05, 0.1) is 22.7 Å². The first-order valence-electron chi connectivity index (χ1n) is 5.80. The topological polar surface area (TPSA) is 54.6 Å². The molecular weight excluding hydrogens is 228 g/mol. The number of fused-ring (bicyclic) bond motifs is 3. The number of rotatable bonds is 3. The number of para-hydroxylation sites is 2. The molecule has 0 amide bonds. The van der Waals surface area contributed by atoms with Gasteiger partial charge in [-0.3, -0.25) is 9.78 Å². The van der Waals surface area contributed by atoms with Gasteiger partial charge in [-0.2, -0.15) is 0 Å². The number of aliphatic carboxylic acids is 1. The monoisotopic (exact) mass is 240 g/mol. The van der Waals surface area contributed by atoms with Crippen LogP contribution in [0, 0.1) is 0 Å². The number of hydrogen-bond acceptors (Lipinski definition) is 2. The van der Waals surface area contributed by atoms with E-state index in [9.17, 15) is 4.79 Å². The lowest BCUT2D eigenvalue weighted by Gasteiger charge is -2.00. The second kappa shape index (κ2) is 4.14. The molecule has 0 aliphatic carbocycles. The van der Waals surface area contributed by atoms with Gasteiger partial charge in [0.2, 0.25) is 0 Å². The van der Waals surface area contributed by atoms with Crippen molar-refractivity contribution in [2.45, 2.75) is 12.8 Å². The molecule has 0 radical (unpaired) electrons. The van der Waals surface area contributed by atoms with Crippen molar-refractivity contribution in [1.82, 2.24) is 9.38 Å². The third kappa shape index (κ3) is 1.82. The molecule has 4 nitrogen and oxygen atoms in total. The van der Waals surface area contributed by atoms with Crippen molar-refractivity contribution >= 4 is 22.5 Å². The Kier molecular flexibility index (Phi) is 2.48. The molecule has 0 fully saturated rings. The lowest BCUT2D eigenvalue weighted by molar-refractivity contribution is -0.136. The Bertz CT molecular complexity index is 731. The highest BCUT2D eigenvalue weighted by Gasteiger charge is 2.05. The first kappa shape index (κ1) is 10.8. The third-order valence-corrected chi connectivity index (χ3v) is 3.01. The van der Waals surface area contributed by atoms with Crippen LogP contribution in [0.4, 0.5) is 0 Å². The van der Waals surface area contributed by atoms with Crippen LogP contribution in [0.15, 0.2) is 42.7 Å². The number of aromatic nitrogens is 2. The summed E-state index contributed by atoms with van der Waals surface area (Å²) < 4.78 is 2.06. The maximum Gasteiger partial charge on any atom is 0.303 e. The lowest BCUT2D eigenvalue weighted by atomic mass is 10.2. The highest BCUT2D eigenvalue weighted by Crippen LogP contribution is 2.18. The van der Waals surface area contributed by atoms with Crippen LogP contribution in [0.1, 0.15) is 12.0 Å². The summed E-state index contributed by atoms with van der Waals surface area (Å²) in [6, 6.07) is 9.89. The van der Waals surface area contributed by atoms with Crippen LogP contribution >= 0.6 is 0 Å². The van der Waals surface area contributed by atoms with Crippen LogP contribution in [0.2, 0.25) is 0 Å². The van der Waals surface area contributed by atoms with Crippen molar-refractivity contribution in [3.63, 3.8) is 0 Å². The third-order valence-electron chi connectivity index (χ3n) is 3.01. The highest BCUT2D eigenvalue weighted by molar-refractivity contribution is 5.78. The number of aryl methyl sites for hydroxylation is 1. The summed E-state index contributed by atoms with van der Waals surface area (Å²) in [5.74, 6) is -0.770. The van der Waals surface area contributed by atoms with Crippen molar-refractivity contribution in [3.05, 3.63) is 48.3 Å². The predicted molar refractivity (Wildman–Crippen MR) is 68.7 cm³/mol. The SMILES string of the molecule is O=C(O)CCc1cc2cnc3ccccc3n2c1. The molecule has 4 heteroatoms. The fraction of sp³-hybridized carbons (Fsp3) is 0.143. The van der Waals surface area contributed by atoms with Gasteiger partial charge in [-0.25, -0.2) is 0 Å². The minimum absolute atomic E-state index is 0.155. The molecule has 1 aromatic carbocycles. The molecular formula is C14H12N2O2. The quantitative estimate of drug-likeness (QED) is 0.765. The number of carboxylic acids is 1. The molecule has 3 aromatic rings. The van der Waals surface area contributed by atoms with E-state index in [1.807, 2.05) is 42.7 Å². The van der Waals surface area contributed by atoms with Gasteiger partial charge in [-0.05, 0) is 30.2 Å². The molecule has 90 valence electrons. The molecule has 2 heterocycles. The van der Waals surface area contributed by atoms with Gasteiger partial charge in [-0.15, -0.1) is 0 Å². The van der Waals surface area contributed by atoms with E-state index in [4.69, 9.17) is 5.11 Å². The number of carbonyl (C=O) groups is 1. The Morgan fingerprint density at radius 3 is 3.00 bits per heavy atom. The van der Waals surface area contributed by atoms with Crippen molar-refractivity contribution in [3.8, 4) is 0 Å². The minimum atomic E-state index is -0.770. The van der Waals surface area contributed by atoms with Crippen molar-refractivity contribution in [2.24, 2.45) is 0 Å². The first-order chi connectivity index (χ1) is 8.74. The molecule has 2 aromatic heterocycles. The summed E-state index contributed by atoms with van der Waals surface area (Å²) in [7, 11) is 0. The van der Waals surface area contributed by atoms with Crippen LogP contribution in [0.25, 0.3) is 16.6 Å². The van der Waals surface area contributed by atoms with Gasteiger partial charge in [0, 0.05) is 12.6 Å². The van der Waals surface area contributed by atoms with E-state index in [0.717, 1.165) is 22.1 Å². The Hall–Kier alpha value is -2.36. The van der Waals surface area contributed by atoms with Crippen LogP contribution in [-0.4, -0.2) is 20.5 Å². The zero-order valence-electron chi connectivity index (χ0n) is 9.71. The van der Waals surface area contributed by atoms with Gasteiger partial charge in [0.1, 0.15) is 0 Å². The van der Waals surface area contributed by atoms with E-state index in [2.05, 4.69) is 9.38 Å². The number of nitrogens with zero attached hydrogens (tertiary/aromatic N) is 2. The average Bonchev–Trinajstić information content (AvgIpc) is 2.79. The molecule has 18 heavy (non-hydrogen) atoms. The standard InChI is InChI=1S/C14H12N2O2/c17-14(18)6-5-10-7-11-8-15-12-3-1-2-4-13(12)16(11)9-10/h1-4,7-9H,5-6H2,(H,17,18). The normalized spacial score (nSPS) is 11.1. The van der Waals surface area contributed by atoms with Crippen molar-refractivity contribution in [2.75, 3.05) is 0 Å². The molecule has 0 atom stereocenters. The van der Waals surface area contributed by atoms with Gasteiger partial charge in [0.15, 0.2) is 0 Å². The zero-order valence-corrected chi connectivity index (χ0v) is 9.71. The molecule has 0 spiro atoms. The second-order valence-electron chi connectivity index (χ2n) is 4.28. The number of carboxylic acid groups (broad SMARTS) is 1. The Balaban J connectivity index is 2.11. The first-order valence-corrected chi connectivity index (χ1v) is 5.80. The molecule has 0 bridgehead atoms. The molecule has 0 aliphatic heterocycles. The van der Waals surface area contributed by atoms with Gasteiger partial charge >= 0.3 is 5.97 Å². The number of benzene rings is 1. The average molecular weight is 240 g/mol. The molecule has 0 saturated carbocycles. The summed E-state index contributed by atoms with van der Waals surface area (Å²) in [4.78, 5) is 15.0. The number of hydrogen-bond donors (Lipinski definition) is 1. The van der Waals surface area contributed by atoms with E-state index < -0.39 is 5.97 Å². The van der Waals surface area contributed by atoms with E-state index in [1.54, 1.807) is 0 Å².